The van der Waals surface area contributed by atoms with Crippen LogP contribution in [0.3, 0.4) is 0 Å². The van der Waals surface area contributed by atoms with Gasteiger partial charge in [0.25, 0.3) is 0 Å². The highest BCUT2D eigenvalue weighted by atomic mass is 19.1. The summed E-state index contributed by atoms with van der Waals surface area (Å²) in [7, 11) is 0. The van der Waals surface area contributed by atoms with Gasteiger partial charge in [0, 0.05) is 11.6 Å². The fraction of sp³-hybridized carbons (Fsp3) is 0.261. The van der Waals surface area contributed by atoms with Gasteiger partial charge in [-0.3, -0.25) is 4.79 Å². The molecule has 0 aliphatic heterocycles. The SMILES string of the molecule is CCCO/N=C(\COc1cccc(C(C)C(=O)O)c1)c1cc(-c2ccc(F)cc2)no1. The summed E-state index contributed by atoms with van der Waals surface area (Å²) in [5.41, 5.74) is 2.23. The fourth-order valence-electron chi connectivity index (χ4n) is 2.69. The Bertz CT molecular complexity index is 1050. The number of halogens is 1. The van der Waals surface area contributed by atoms with Crippen LogP contribution in [0.4, 0.5) is 4.39 Å². The van der Waals surface area contributed by atoms with Crippen molar-refractivity contribution < 1.29 is 28.4 Å². The van der Waals surface area contributed by atoms with Crippen molar-refractivity contribution in [2.24, 2.45) is 5.16 Å². The topological polar surface area (TPSA) is 94.2 Å². The second-order valence-electron chi connectivity index (χ2n) is 6.88. The van der Waals surface area contributed by atoms with Gasteiger partial charge in [0.2, 0.25) is 0 Å². The van der Waals surface area contributed by atoms with E-state index in [1.54, 1.807) is 49.4 Å². The van der Waals surface area contributed by atoms with E-state index in [2.05, 4.69) is 10.3 Å². The van der Waals surface area contributed by atoms with Crippen molar-refractivity contribution in [3.05, 3.63) is 71.7 Å². The zero-order valence-electron chi connectivity index (χ0n) is 17.2. The third-order valence-electron chi connectivity index (χ3n) is 4.51. The summed E-state index contributed by atoms with van der Waals surface area (Å²) in [6.07, 6.45) is 0.782. The molecular weight excluding hydrogens is 403 g/mol. The van der Waals surface area contributed by atoms with E-state index >= 15 is 0 Å². The van der Waals surface area contributed by atoms with E-state index in [1.165, 1.54) is 12.1 Å². The number of ether oxygens (including phenoxy) is 1. The van der Waals surface area contributed by atoms with Crippen LogP contribution in [-0.4, -0.2) is 35.2 Å². The first-order chi connectivity index (χ1) is 15.0. The van der Waals surface area contributed by atoms with Gasteiger partial charge in [-0.2, -0.15) is 0 Å². The number of aliphatic carboxylic acids is 1. The number of hydrogen-bond donors (Lipinski definition) is 1. The minimum atomic E-state index is -0.914. The average Bonchev–Trinajstić information content (AvgIpc) is 3.26. The van der Waals surface area contributed by atoms with Crippen molar-refractivity contribution in [1.82, 2.24) is 5.16 Å². The molecule has 0 aliphatic carbocycles. The van der Waals surface area contributed by atoms with Gasteiger partial charge >= 0.3 is 5.97 Å². The molecule has 0 fully saturated rings. The van der Waals surface area contributed by atoms with Crippen LogP contribution in [-0.2, 0) is 9.63 Å². The van der Waals surface area contributed by atoms with Gasteiger partial charge < -0.3 is 19.2 Å². The minimum absolute atomic E-state index is 0.0205. The summed E-state index contributed by atoms with van der Waals surface area (Å²) in [4.78, 5) is 16.5. The number of nitrogens with zero attached hydrogens (tertiary/aromatic N) is 2. The highest BCUT2D eigenvalue weighted by molar-refractivity contribution is 5.99. The van der Waals surface area contributed by atoms with E-state index in [9.17, 15) is 14.3 Å². The number of benzene rings is 2. The normalized spacial score (nSPS) is 12.4. The predicted octanol–water partition coefficient (Wildman–Crippen LogP) is 4.88. The summed E-state index contributed by atoms with van der Waals surface area (Å²) in [5.74, 6) is -1.06. The Kier molecular flexibility index (Phi) is 7.37. The molecule has 0 radical (unpaired) electrons. The van der Waals surface area contributed by atoms with Crippen LogP contribution in [0, 0.1) is 5.82 Å². The Balaban J connectivity index is 1.78. The summed E-state index contributed by atoms with van der Waals surface area (Å²) in [5, 5.41) is 17.3. The molecule has 2 aromatic carbocycles. The smallest absolute Gasteiger partial charge is 0.310 e. The number of carbonyl (C=O) groups is 1. The average molecular weight is 426 g/mol. The summed E-state index contributed by atoms with van der Waals surface area (Å²) in [6, 6.07) is 14.4. The number of hydrogen-bond acceptors (Lipinski definition) is 6. The number of rotatable bonds is 10. The third kappa shape index (κ3) is 5.91. The Morgan fingerprint density at radius 3 is 2.71 bits per heavy atom. The lowest BCUT2D eigenvalue weighted by molar-refractivity contribution is -0.138. The fourth-order valence-corrected chi connectivity index (χ4v) is 2.69. The molecule has 162 valence electrons. The molecule has 1 unspecified atom stereocenters. The number of carboxylic acids is 1. The molecule has 0 saturated heterocycles. The molecule has 0 amide bonds. The Morgan fingerprint density at radius 1 is 1.23 bits per heavy atom. The largest absolute Gasteiger partial charge is 0.487 e. The highest BCUT2D eigenvalue weighted by Crippen LogP contribution is 2.23. The quantitative estimate of drug-likeness (QED) is 0.282. The van der Waals surface area contributed by atoms with Gasteiger partial charge in [-0.1, -0.05) is 29.4 Å². The summed E-state index contributed by atoms with van der Waals surface area (Å²) >= 11 is 0. The molecule has 7 nitrogen and oxygen atoms in total. The van der Waals surface area contributed by atoms with Gasteiger partial charge in [-0.25, -0.2) is 4.39 Å². The van der Waals surface area contributed by atoms with Gasteiger partial charge in [0.05, 0.1) is 5.92 Å². The molecule has 0 bridgehead atoms. The van der Waals surface area contributed by atoms with Crippen LogP contribution in [0.15, 0.2) is 64.3 Å². The summed E-state index contributed by atoms with van der Waals surface area (Å²) < 4.78 is 24.4. The minimum Gasteiger partial charge on any atom is -0.487 e. The van der Waals surface area contributed by atoms with Crippen molar-refractivity contribution >= 4 is 11.7 Å². The lowest BCUT2D eigenvalue weighted by atomic mass is 10.0. The van der Waals surface area contributed by atoms with Crippen LogP contribution in [0.25, 0.3) is 11.3 Å². The zero-order chi connectivity index (χ0) is 22.2. The van der Waals surface area contributed by atoms with Crippen LogP contribution >= 0.6 is 0 Å². The standard InChI is InChI=1S/C23H23FN2O5/c1-3-11-30-25-21(14-29-19-6-4-5-17(12-19)15(2)23(27)28)22-13-20(26-31-22)16-7-9-18(24)10-8-16/h4-10,12-13,15H,3,11,14H2,1-2H3,(H,27,28)/b25-21+. The van der Waals surface area contributed by atoms with E-state index < -0.39 is 11.9 Å². The molecule has 0 saturated carbocycles. The molecule has 1 N–H and O–H groups in total. The second-order valence-corrected chi connectivity index (χ2v) is 6.88. The molecule has 1 aromatic heterocycles. The molecule has 0 aliphatic rings. The van der Waals surface area contributed by atoms with Gasteiger partial charge in [0.1, 0.15) is 30.5 Å². The van der Waals surface area contributed by atoms with E-state index in [-0.39, 0.29) is 12.4 Å². The molecule has 0 spiro atoms. The van der Waals surface area contributed by atoms with Crippen LogP contribution in [0.2, 0.25) is 0 Å². The second kappa shape index (κ2) is 10.4. The van der Waals surface area contributed by atoms with Gasteiger partial charge in [-0.15, -0.1) is 0 Å². The Hall–Kier alpha value is -3.68. The number of aromatic nitrogens is 1. The van der Waals surface area contributed by atoms with Crippen molar-refractivity contribution in [2.75, 3.05) is 13.2 Å². The third-order valence-corrected chi connectivity index (χ3v) is 4.51. The maximum atomic E-state index is 13.2. The van der Waals surface area contributed by atoms with Crippen molar-refractivity contribution in [3.8, 4) is 17.0 Å². The van der Waals surface area contributed by atoms with Crippen LogP contribution in [0.5, 0.6) is 5.75 Å². The van der Waals surface area contributed by atoms with E-state index in [0.29, 0.717) is 40.6 Å². The maximum Gasteiger partial charge on any atom is 0.310 e. The molecule has 31 heavy (non-hydrogen) atoms. The predicted molar refractivity (Wildman–Crippen MR) is 113 cm³/mol. The van der Waals surface area contributed by atoms with Crippen molar-refractivity contribution in [1.29, 1.82) is 0 Å². The van der Waals surface area contributed by atoms with E-state index in [1.807, 2.05) is 6.92 Å². The zero-order valence-corrected chi connectivity index (χ0v) is 17.2. The van der Waals surface area contributed by atoms with Crippen molar-refractivity contribution in [2.45, 2.75) is 26.2 Å². The lowest BCUT2D eigenvalue weighted by Crippen LogP contribution is -2.14. The first-order valence-electron chi connectivity index (χ1n) is 9.85. The molecule has 1 atom stereocenters. The Labute approximate surface area is 179 Å². The molecule has 3 rings (SSSR count). The monoisotopic (exact) mass is 426 g/mol. The molecule has 8 heteroatoms. The van der Waals surface area contributed by atoms with E-state index in [0.717, 1.165) is 6.42 Å². The Morgan fingerprint density at radius 2 is 2.00 bits per heavy atom. The first kappa shape index (κ1) is 22.0. The molecule has 3 aromatic rings. The van der Waals surface area contributed by atoms with Gasteiger partial charge in [0.15, 0.2) is 11.5 Å². The van der Waals surface area contributed by atoms with Crippen molar-refractivity contribution in [3.63, 3.8) is 0 Å². The molecular formula is C23H23FN2O5. The number of oxime groups is 1. The van der Waals surface area contributed by atoms with Gasteiger partial charge in [-0.05, 0) is 55.3 Å². The van der Waals surface area contributed by atoms with Crippen LogP contribution < -0.4 is 4.74 Å². The number of carboxylic acid groups (broad SMARTS) is 1. The van der Waals surface area contributed by atoms with Crippen LogP contribution in [0.1, 0.15) is 37.5 Å². The highest BCUT2D eigenvalue weighted by Gasteiger charge is 2.17. The van der Waals surface area contributed by atoms with E-state index in [4.69, 9.17) is 14.1 Å². The molecule has 1 heterocycles. The maximum absolute atomic E-state index is 13.2. The lowest BCUT2D eigenvalue weighted by Gasteiger charge is -2.10. The summed E-state index contributed by atoms with van der Waals surface area (Å²) in [6.45, 7) is 4.01. The first-order valence-corrected chi connectivity index (χ1v) is 9.85.